The van der Waals surface area contributed by atoms with Gasteiger partial charge in [-0.15, -0.1) is 0 Å². The summed E-state index contributed by atoms with van der Waals surface area (Å²) in [5.74, 6) is 0.654. The Morgan fingerprint density at radius 1 is 1.04 bits per heavy atom. The summed E-state index contributed by atoms with van der Waals surface area (Å²) in [4.78, 5) is 14.4. The SMILES string of the molecule is Cc1ccc(S(=O)(=O)Nc2ccc(Oc3ncc([N+](=O)[O-])cc3C)cc2)cc1. The molecular weight excluding hydrogens is 382 g/mol. The zero-order valence-corrected chi connectivity index (χ0v) is 15.9. The topological polar surface area (TPSA) is 111 Å². The van der Waals surface area contributed by atoms with E-state index >= 15 is 0 Å². The molecule has 1 heterocycles. The average Bonchev–Trinajstić information content (AvgIpc) is 2.65. The van der Waals surface area contributed by atoms with Gasteiger partial charge < -0.3 is 4.74 Å². The van der Waals surface area contributed by atoms with Gasteiger partial charge in [-0.2, -0.15) is 0 Å². The Hall–Kier alpha value is -3.46. The Morgan fingerprint density at radius 2 is 1.68 bits per heavy atom. The van der Waals surface area contributed by atoms with Crippen LogP contribution in [-0.4, -0.2) is 18.3 Å². The molecule has 0 aliphatic rings. The number of aromatic nitrogens is 1. The Balaban J connectivity index is 1.73. The fourth-order valence-corrected chi connectivity index (χ4v) is 3.45. The van der Waals surface area contributed by atoms with Crippen LogP contribution in [0.3, 0.4) is 0 Å². The number of benzene rings is 2. The minimum Gasteiger partial charge on any atom is -0.439 e. The van der Waals surface area contributed by atoms with Crippen molar-refractivity contribution in [3.05, 3.63) is 82.0 Å². The maximum absolute atomic E-state index is 12.4. The van der Waals surface area contributed by atoms with Crippen molar-refractivity contribution in [1.29, 1.82) is 0 Å². The first kappa shape index (κ1) is 19.3. The lowest BCUT2D eigenvalue weighted by atomic mass is 10.2. The van der Waals surface area contributed by atoms with E-state index in [1.807, 2.05) is 6.92 Å². The van der Waals surface area contributed by atoms with Crippen molar-refractivity contribution in [2.75, 3.05) is 4.72 Å². The second-order valence-electron chi connectivity index (χ2n) is 6.12. The molecule has 0 spiro atoms. The first-order chi connectivity index (χ1) is 13.2. The average molecular weight is 399 g/mol. The zero-order valence-electron chi connectivity index (χ0n) is 15.1. The number of ether oxygens (including phenoxy) is 1. The Kier molecular flexibility index (Phi) is 5.27. The van der Waals surface area contributed by atoms with Crippen molar-refractivity contribution in [1.82, 2.24) is 4.98 Å². The van der Waals surface area contributed by atoms with Gasteiger partial charge in [-0.05, 0) is 50.2 Å². The van der Waals surface area contributed by atoms with Crippen LogP contribution >= 0.6 is 0 Å². The quantitative estimate of drug-likeness (QED) is 0.491. The molecule has 28 heavy (non-hydrogen) atoms. The third kappa shape index (κ3) is 4.44. The first-order valence-electron chi connectivity index (χ1n) is 8.23. The van der Waals surface area contributed by atoms with Crippen molar-refractivity contribution in [3.63, 3.8) is 0 Å². The highest BCUT2D eigenvalue weighted by Crippen LogP contribution is 2.27. The van der Waals surface area contributed by atoms with Crippen LogP contribution < -0.4 is 9.46 Å². The molecule has 0 saturated heterocycles. The molecule has 0 fully saturated rings. The van der Waals surface area contributed by atoms with Crippen molar-refractivity contribution in [2.45, 2.75) is 18.7 Å². The molecule has 8 nitrogen and oxygen atoms in total. The molecule has 0 unspecified atom stereocenters. The molecule has 0 radical (unpaired) electrons. The van der Waals surface area contributed by atoms with Crippen LogP contribution in [0.1, 0.15) is 11.1 Å². The molecular formula is C19H17N3O5S. The summed E-state index contributed by atoms with van der Waals surface area (Å²) in [5, 5.41) is 10.8. The molecule has 0 aliphatic carbocycles. The number of nitrogens with zero attached hydrogens (tertiary/aromatic N) is 2. The predicted octanol–water partition coefficient (Wildman–Crippen LogP) is 4.20. The molecule has 1 aromatic heterocycles. The van der Waals surface area contributed by atoms with Crippen LogP contribution in [-0.2, 0) is 10.0 Å². The molecule has 2 aromatic carbocycles. The van der Waals surface area contributed by atoms with E-state index in [2.05, 4.69) is 9.71 Å². The van der Waals surface area contributed by atoms with Crippen LogP contribution in [0.5, 0.6) is 11.6 Å². The van der Waals surface area contributed by atoms with E-state index in [-0.39, 0.29) is 16.5 Å². The smallest absolute Gasteiger partial charge is 0.288 e. The van der Waals surface area contributed by atoms with Crippen LogP contribution in [0, 0.1) is 24.0 Å². The predicted molar refractivity (Wildman–Crippen MR) is 104 cm³/mol. The lowest BCUT2D eigenvalue weighted by Crippen LogP contribution is -2.12. The van der Waals surface area contributed by atoms with Gasteiger partial charge in [0.15, 0.2) is 0 Å². The van der Waals surface area contributed by atoms with Crippen LogP contribution in [0.4, 0.5) is 11.4 Å². The van der Waals surface area contributed by atoms with Crippen molar-refractivity contribution in [3.8, 4) is 11.6 Å². The molecule has 9 heteroatoms. The summed E-state index contributed by atoms with van der Waals surface area (Å²) >= 11 is 0. The number of anilines is 1. The van der Waals surface area contributed by atoms with Crippen molar-refractivity contribution in [2.24, 2.45) is 0 Å². The van der Waals surface area contributed by atoms with Gasteiger partial charge in [0.2, 0.25) is 5.88 Å². The summed E-state index contributed by atoms with van der Waals surface area (Å²) in [6, 6.07) is 14.2. The minimum atomic E-state index is -3.69. The van der Waals surface area contributed by atoms with E-state index in [0.717, 1.165) is 11.8 Å². The molecule has 3 rings (SSSR count). The second kappa shape index (κ2) is 7.65. The number of hydrogen-bond donors (Lipinski definition) is 1. The molecule has 144 valence electrons. The second-order valence-corrected chi connectivity index (χ2v) is 7.80. The zero-order chi connectivity index (χ0) is 20.3. The fraction of sp³-hybridized carbons (Fsp3) is 0.105. The Labute approximate surface area is 162 Å². The molecule has 0 atom stereocenters. The highest BCUT2D eigenvalue weighted by Gasteiger charge is 2.14. The van der Waals surface area contributed by atoms with Gasteiger partial charge in [0.25, 0.3) is 15.7 Å². The largest absolute Gasteiger partial charge is 0.439 e. The fourth-order valence-electron chi connectivity index (χ4n) is 2.39. The Bertz CT molecular complexity index is 1110. The van der Waals surface area contributed by atoms with E-state index in [4.69, 9.17) is 4.74 Å². The third-order valence-corrected chi connectivity index (χ3v) is 5.28. The van der Waals surface area contributed by atoms with Crippen LogP contribution in [0.15, 0.2) is 65.7 Å². The maximum atomic E-state index is 12.4. The molecule has 0 bridgehead atoms. The van der Waals surface area contributed by atoms with Gasteiger partial charge in [0, 0.05) is 17.3 Å². The number of nitro groups is 1. The van der Waals surface area contributed by atoms with Gasteiger partial charge in [-0.3, -0.25) is 14.8 Å². The van der Waals surface area contributed by atoms with Gasteiger partial charge >= 0.3 is 0 Å². The number of nitrogens with one attached hydrogen (secondary N) is 1. The number of hydrogen-bond acceptors (Lipinski definition) is 6. The number of pyridine rings is 1. The van der Waals surface area contributed by atoms with Gasteiger partial charge in [0.05, 0.1) is 9.82 Å². The maximum Gasteiger partial charge on any atom is 0.288 e. The van der Waals surface area contributed by atoms with Crippen LogP contribution in [0.25, 0.3) is 0 Å². The molecule has 3 aromatic rings. The first-order valence-corrected chi connectivity index (χ1v) is 9.71. The number of rotatable bonds is 6. The molecule has 0 aliphatic heterocycles. The van der Waals surface area contributed by atoms with E-state index in [9.17, 15) is 18.5 Å². The van der Waals surface area contributed by atoms with E-state index in [1.54, 1.807) is 43.3 Å². The molecule has 0 saturated carbocycles. The normalized spacial score (nSPS) is 11.1. The Morgan fingerprint density at radius 3 is 2.25 bits per heavy atom. The molecule has 0 amide bonds. The minimum absolute atomic E-state index is 0.120. The van der Waals surface area contributed by atoms with Crippen molar-refractivity contribution < 1.29 is 18.1 Å². The summed E-state index contributed by atoms with van der Waals surface area (Å²) in [7, 11) is -3.69. The standard InChI is InChI=1S/C19H17N3O5S/c1-13-3-9-18(10-4-13)28(25,26)21-15-5-7-17(8-6-15)27-19-14(2)11-16(12-20-19)22(23)24/h3-12,21H,1-2H3. The lowest BCUT2D eigenvalue weighted by Gasteiger charge is -2.10. The summed E-state index contributed by atoms with van der Waals surface area (Å²) < 4.78 is 32.9. The van der Waals surface area contributed by atoms with E-state index in [0.29, 0.717) is 17.0 Å². The summed E-state index contributed by atoms with van der Waals surface area (Å²) in [6.45, 7) is 3.53. The summed E-state index contributed by atoms with van der Waals surface area (Å²) in [5.41, 5.74) is 1.74. The summed E-state index contributed by atoms with van der Waals surface area (Å²) in [6.07, 6.45) is 1.12. The molecule has 1 N–H and O–H groups in total. The lowest BCUT2D eigenvalue weighted by molar-refractivity contribution is -0.385. The van der Waals surface area contributed by atoms with E-state index < -0.39 is 14.9 Å². The van der Waals surface area contributed by atoms with E-state index in [1.165, 1.54) is 18.2 Å². The van der Waals surface area contributed by atoms with Crippen molar-refractivity contribution >= 4 is 21.4 Å². The number of sulfonamides is 1. The van der Waals surface area contributed by atoms with Gasteiger partial charge in [-0.25, -0.2) is 13.4 Å². The highest BCUT2D eigenvalue weighted by molar-refractivity contribution is 7.92. The monoisotopic (exact) mass is 399 g/mol. The highest BCUT2D eigenvalue weighted by atomic mass is 32.2. The van der Waals surface area contributed by atoms with Gasteiger partial charge in [-0.1, -0.05) is 17.7 Å². The van der Waals surface area contributed by atoms with Crippen LogP contribution in [0.2, 0.25) is 0 Å². The third-order valence-electron chi connectivity index (χ3n) is 3.88. The van der Waals surface area contributed by atoms with Gasteiger partial charge in [0.1, 0.15) is 11.9 Å². The number of aryl methyl sites for hydroxylation is 2.